The summed E-state index contributed by atoms with van der Waals surface area (Å²) in [6.07, 6.45) is -0.227. The molecule has 0 aromatic heterocycles. The maximum Gasteiger partial charge on any atom is 0.315 e. The van der Waals surface area contributed by atoms with Gasteiger partial charge in [-0.3, -0.25) is 4.79 Å². The second-order valence-corrected chi connectivity index (χ2v) is 2.84. The molecule has 0 fully saturated rings. The Labute approximate surface area is 81.4 Å². The van der Waals surface area contributed by atoms with Crippen molar-refractivity contribution < 1.29 is 14.3 Å². The van der Waals surface area contributed by atoms with Crippen LogP contribution in [0.4, 0.5) is 4.39 Å². The van der Waals surface area contributed by atoms with E-state index in [0.717, 1.165) is 0 Å². The molecule has 14 heavy (non-hydrogen) atoms. The van der Waals surface area contributed by atoms with Crippen molar-refractivity contribution in [1.29, 1.82) is 0 Å². The largest absolute Gasteiger partial charge is 0.481 e. The van der Waals surface area contributed by atoms with Crippen LogP contribution in [0.25, 0.3) is 0 Å². The van der Waals surface area contributed by atoms with Crippen molar-refractivity contribution in [2.45, 2.75) is 13.3 Å². The fourth-order valence-corrected chi connectivity index (χ4v) is 0.892. The first-order valence-corrected chi connectivity index (χ1v) is 4.06. The van der Waals surface area contributed by atoms with Crippen LogP contribution in [-0.2, 0) is 4.79 Å². The van der Waals surface area contributed by atoms with Crippen LogP contribution in [0.5, 0.6) is 0 Å². The van der Waals surface area contributed by atoms with Gasteiger partial charge in [-0.25, -0.2) is 4.39 Å². The summed E-state index contributed by atoms with van der Waals surface area (Å²) in [7, 11) is 0. The number of rotatable bonds is 1. The first-order chi connectivity index (χ1) is 6.59. The van der Waals surface area contributed by atoms with E-state index >= 15 is 0 Å². The molecule has 0 saturated heterocycles. The molecule has 1 rings (SSSR count). The molecule has 2 nitrogen and oxygen atoms in total. The van der Waals surface area contributed by atoms with E-state index in [2.05, 4.69) is 11.8 Å². The zero-order valence-electron chi connectivity index (χ0n) is 7.67. The third-order valence-corrected chi connectivity index (χ3v) is 1.64. The summed E-state index contributed by atoms with van der Waals surface area (Å²) in [5.41, 5.74) is 1.04. The van der Waals surface area contributed by atoms with Crippen molar-refractivity contribution in [2.75, 3.05) is 0 Å². The van der Waals surface area contributed by atoms with Crippen molar-refractivity contribution in [3.05, 3.63) is 35.1 Å². The lowest BCUT2D eigenvalue weighted by molar-refractivity contribution is -0.135. The van der Waals surface area contributed by atoms with Crippen LogP contribution in [0, 0.1) is 24.6 Å². The van der Waals surface area contributed by atoms with Gasteiger partial charge in [0.1, 0.15) is 12.2 Å². The molecule has 0 aliphatic carbocycles. The van der Waals surface area contributed by atoms with Crippen LogP contribution >= 0.6 is 0 Å². The zero-order valence-corrected chi connectivity index (χ0v) is 7.67. The van der Waals surface area contributed by atoms with Gasteiger partial charge in [0.05, 0.1) is 0 Å². The monoisotopic (exact) mass is 192 g/mol. The third-order valence-electron chi connectivity index (χ3n) is 1.64. The predicted molar refractivity (Wildman–Crippen MR) is 50.3 cm³/mol. The summed E-state index contributed by atoms with van der Waals surface area (Å²) < 4.78 is 13.0. The lowest BCUT2D eigenvalue weighted by Gasteiger charge is -1.95. The van der Waals surface area contributed by atoms with E-state index in [-0.39, 0.29) is 12.2 Å². The molecule has 0 saturated carbocycles. The number of halogens is 1. The van der Waals surface area contributed by atoms with Gasteiger partial charge >= 0.3 is 5.97 Å². The molecule has 1 aromatic rings. The number of hydrogen-bond acceptors (Lipinski definition) is 1. The number of hydrogen-bond donors (Lipinski definition) is 1. The minimum Gasteiger partial charge on any atom is -0.481 e. The van der Waals surface area contributed by atoms with Gasteiger partial charge in [-0.15, -0.1) is 0 Å². The molecule has 0 aliphatic rings. The zero-order chi connectivity index (χ0) is 10.6. The van der Waals surface area contributed by atoms with Crippen LogP contribution in [0.3, 0.4) is 0 Å². The van der Waals surface area contributed by atoms with E-state index < -0.39 is 5.97 Å². The molecule has 0 radical (unpaired) electrons. The van der Waals surface area contributed by atoms with Gasteiger partial charge in [0.2, 0.25) is 0 Å². The molecule has 0 heterocycles. The Morgan fingerprint density at radius 3 is 2.86 bits per heavy atom. The number of aryl methyl sites for hydroxylation is 1. The average Bonchev–Trinajstić information content (AvgIpc) is 2.10. The van der Waals surface area contributed by atoms with Gasteiger partial charge in [0.15, 0.2) is 0 Å². The van der Waals surface area contributed by atoms with Gasteiger partial charge in [0, 0.05) is 5.56 Å². The van der Waals surface area contributed by atoms with Crippen molar-refractivity contribution in [3.63, 3.8) is 0 Å². The van der Waals surface area contributed by atoms with Crippen molar-refractivity contribution >= 4 is 5.97 Å². The Balaban J connectivity index is 2.81. The van der Waals surface area contributed by atoms with Gasteiger partial charge in [-0.2, -0.15) is 0 Å². The highest BCUT2D eigenvalue weighted by atomic mass is 19.1. The molecule has 0 atom stereocenters. The van der Waals surface area contributed by atoms with E-state index in [9.17, 15) is 9.18 Å². The van der Waals surface area contributed by atoms with E-state index in [0.29, 0.717) is 11.1 Å². The molecule has 0 unspecified atom stereocenters. The molecule has 0 aliphatic heterocycles. The first-order valence-electron chi connectivity index (χ1n) is 4.06. The molecule has 1 N–H and O–H groups in total. The number of benzene rings is 1. The average molecular weight is 192 g/mol. The quantitative estimate of drug-likeness (QED) is 0.690. The number of carboxylic acid groups (broad SMARTS) is 1. The Morgan fingerprint density at radius 2 is 2.29 bits per heavy atom. The lowest BCUT2D eigenvalue weighted by Crippen LogP contribution is -1.90. The van der Waals surface area contributed by atoms with E-state index in [1.54, 1.807) is 19.1 Å². The molecular formula is C11H9FO2. The van der Waals surface area contributed by atoms with E-state index in [1.165, 1.54) is 6.07 Å². The SMILES string of the molecule is Cc1ccc(C#CCC(=O)O)cc1F. The highest BCUT2D eigenvalue weighted by molar-refractivity contribution is 5.70. The normalized spacial score (nSPS) is 9.00. The molecular weight excluding hydrogens is 183 g/mol. The lowest BCUT2D eigenvalue weighted by atomic mass is 10.1. The third kappa shape index (κ3) is 2.91. The summed E-state index contributed by atoms with van der Waals surface area (Å²) in [4.78, 5) is 10.1. The summed E-state index contributed by atoms with van der Waals surface area (Å²) in [5.74, 6) is 3.70. The second kappa shape index (κ2) is 4.43. The second-order valence-electron chi connectivity index (χ2n) is 2.84. The molecule has 0 amide bonds. The van der Waals surface area contributed by atoms with Crippen molar-refractivity contribution in [3.8, 4) is 11.8 Å². The summed E-state index contributed by atoms with van der Waals surface area (Å²) >= 11 is 0. The van der Waals surface area contributed by atoms with E-state index in [1.807, 2.05) is 0 Å². The standard InChI is InChI=1S/C11H9FO2/c1-8-5-6-9(7-10(8)12)3-2-4-11(13)14/h5-7H,4H2,1H3,(H,13,14). The van der Waals surface area contributed by atoms with Gasteiger partial charge < -0.3 is 5.11 Å². The highest BCUT2D eigenvalue weighted by Gasteiger charge is 1.96. The first kappa shape index (κ1) is 10.3. The minimum atomic E-state index is -0.981. The minimum absolute atomic E-state index is 0.227. The summed E-state index contributed by atoms with van der Waals surface area (Å²) in [6.45, 7) is 1.66. The van der Waals surface area contributed by atoms with Crippen LogP contribution in [-0.4, -0.2) is 11.1 Å². The maximum absolute atomic E-state index is 13.0. The van der Waals surface area contributed by atoms with Crippen LogP contribution in [0.15, 0.2) is 18.2 Å². The van der Waals surface area contributed by atoms with Crippen molar-refractivity contribution in [2.24, 2.45) is 0 Å². The summed E-state index contributed by atoms with van der Waals surface area (Å²) in [6, 6.07) is 4.57. The van der Waals surface area contributed by atoms with E-state index in [4.69, 9.17) is 5.11 Å². The molecule has 0 spiro atoms. The Bertz CT molecular complexity index is 413. The molecule has 1 aromatic carbocycles. The topological polar surface area (TPSA) is 37.3 Å². The smallest absolute Gasteiger partial charge is 0.315 e. The Kier molecular flexibility index (Phi) is 3.24. The number of carboxylic acids is 1. The van der Waals surface area contributed by atoms with Gasteiger partial charge in [-0.05, 0) is 24.6 Å². The molecule has 72 valence electrons. The van der Waals surface area contributed by atoms with Gasteiger partial charge in [0.25, 0.3) is 0 Å². The molecule has 0 bridgehead atoms. The number of carbonyl (C=O) groups is 1. The fraction of sp³-hybridized carbons (Fsp3) is 0.182. The Morgan fingerprint density at radius 1 is 1.57 bits per heavy atom. The van der Waals surface area contributed by atoms with Crippen LogP contribution in [0.2, 0.25) is 0 Å². The predicted octanol–water partition coefficient (Wildman–Crippen LogP) is 1.96. The number of aliphatic carboxylic acids is 1. The van der Waals surface area contributed by atoms with Crippen LogP contribution < -0.4 is 0 Å². The summed E-state index contributed by atoms with van der Waals surface area (Å²) in [5, 5.41) is 8.31. The fourth-order valence-electron chi connectivity index (χ4n) is 0.892. The van der Waals surface area contributed by atoms with Crippen LogP contribution in [0.1, 0.15) is 17.5 Å². The highest BCUT2D eigenvalue weighted by Crippen LogP contribution is 2.07. The molecule has 3 heteroatoms. The van der Waals surface area contributed by atoms with Gasteiger partial charge in [-0.1, -0.05) is 17.9 Å². The van der Waals surface area contributed by atoms with Crippen molar-refractivity contribution in [1.82, 2.24) is 0 Å². The Hall–Kier alpha value is -1.82. The maximum atomic E-state index is 13.0.